The summed E-state index contributed by atoms with van der Waals surface area (Å²) in [5.41, 5.74) is 1.05. The van der Waals surface area contributed by atoms with Gasteiger partial charge in [0.1, 0.15) is 11.5 Å². The Balaban J connectivity index is 2.28. The molecule has 1 fully saturated rings. The van der Waals surface area contributed by atoms with Gasteiger partial charge in [-0.05, 0) is 37.0 Å². The van der Waals surface area contributed by atoms with Crippen LogP contribution in [0.2, 0.25) is 0 Å². The van der Waals surface area contributed by atoms with E-state index in [1.54, 1.807) is 14.2 Å². The number of carbonyl (C=O) groups excluding carboxylic acids is 1. The molecule has 1 unspecified atom stereocenters. The van der Waals surface area contributed by atoms with Crippen LogP contribution >= 0.6 is 0 Å². The highest BCUT2D eigenvalue weighted by Crippen LogP contribution is 2.39. The second kappa shape index (κ2) is 6.83. The zero-order valence-electron chi connectivity index (χ0n) is 13.4. The number of nitrogens with zero attached hydrogens (tertiary/aromatic N) is 1. The summed E-state index contributed by atoms with van der Waals surface area (Å²) in [6.07, 6.45) is 2.62. The maximum Gasteiger partial charge on any atom is 0.223 e. The Labute approximate surface area is 127 Å². The fourth-order valence-electron chi connectivity index (χ4n) is 2.95. The SMILES string of the molecule is COc1ccc(OC)c(C2CCCN2C(=O)CC(C)C)c1. The van der Waals surface area contributed by atoms with Crippen molar-refractivity contribution in [3.8, 4) is 11.5 Å². The molecule has 1 aromatic rings. The molecule has 4 nitrogen and oxygen atoms in total. The number of benzene rings is 1. The summed E-state index contributed by atoms with van der Waals surface area (Å²) in [4.78, 5) is 14.4. The second-order valence-electron chi connectivity index (χ2n) is 5.95. The second-order valence-corrected chi connectivity index (χ2v) is 5.95. The third-order valence-corrected chi connectivity index (χ3v) is 3.95. The van der Waals surface area contributed by atoms with Crippen molar-refractivity contribution in [2.24, 2.45) is 5.92 Å². The minimum atomic E-state index is 0.0984. The maximum atomic E-state index is 12.4. The molecule has 21 heavy (non-hydrogen) atoms. The highest BCUT2D eigenvalue weighted by molar-refractivity contribution is 5.77. The molecule has 0 bridgehead atoms. The molecule has 0 N–H and O–H groups in total. The largest absolute Gasteiger partial charge is 0.497 e. The Morgan fingerprint density at radius 2 is 2.10 bits per heavy atom. The first-order valence-electron chi connectivity index (χ1n) is 7.58. The number of methoxy groups -OCH3 is 2. The van der Waals surface area contributed by atoms with E-state index in [1.807, 2.05) is 23.1 Å². The molecule has 116 valence electrons. The number of hydrogen-bond donors (Lipinski definition) is 0. The monoisotopic (exact) mass is 291 g/mol. The lowest BCUT2D eigenvalue weighted by atomic mass is 10.0. The fourth-order valence-corrected chi connectivity index (χ4v) is 2.95. The highest BCUT2D eigenvalue weighted by Gasteiger charge is 2.32. The first-order chi connectivity index (χ1) is 10.1. The summed E-state index contributed by atoms with van der Waals surface area (Å²) >= 11 is 0. The van der Waals surface area contributed by atoms with Crippen molar-refractivity contribution in [3.05, 3.63) is 23.8 Å². The van der Waals surface area contributed by atoms with Gasteiger partial charge in [-0.25, -0.2) is 0 Å². The van der Waals surface area contributed by atoms with Crippen molar-refractivity contribution < 1.29 is 14.3 Å². The Morgan fingerprint density at radius 3 is 2.71 bits per heavy atom. The van der Waals surface area contributed by atoms with E-state index >= 15 is 0 Å². The first kappa shape index (κ1) is 15.7. The van der Waals surface area contributed by atoms with E-state index in [-0.39, 0.29) is 11.9 Å². The van der Waals surface area contributed by atoms with Gasteiger partial charge in [-0.15, -0.1) is 0 Å². The van der Waals surface area contributed by atoms with Crippen molar-refractivity contribution in [2.45, 2.75) is 39.2 Å². The van der Waals surface area contributed by atoms with E-state index in [9.17, 15) is 4.79 Å². The third kappa shape index (κ3) is 3.49. The van der Waals surface area contributed by atoms with E-state index in [0.29, 0.717) is 12.3 Å². The summed E-state index contributed by atoms with van der Waals surface area (Å²) in [6, 6.07) is 5.89. The summed E-state index contributed by atoms with van der Waals surface area (Å²) < 4.78 is 10.8. The van der Waals surface area contributed by atoms with Crippen LogP contribution < -0.4 is 9.47 Å². The molecular weight excluding hydrogens is 266 g/mol. The zero-order chi connectivity index (χ0) is 15.4. The highest BCUT2D eigenvalue weighted by atomic mass is 16.5. The van der Waals surface area contributed by atoms with Crippen LogP contribution in [-0.2, 0) is 4.79 Å². The molecule has 0 aliphatic carbocycles. The molecule has 1 atom stereocenters. The minimum absolute atomic E-state index is 0.0984. The lowest BCUT2D eigenvalue weighted by molar-refractivity contribution is -0.132. The number of carbonyl (C=O) groups is 1. The van der Waals surface area contributed by atoms with Gasteiger partial charge in [0.25, 0.3) is 0 Å². The number of rotatable bonds is 5. The van der Waals surface area contributed by atoms with Gasteiger partial charge in [0.05, 0.1) is 20.3 Å². The van der Waals surface area contributed by atoms with Crippen LogP contribution in [-0.4, -0.2) is 31.6 Å². The Hall–Kier alpha value is -1.71. The summed E-state index contributed by atoms with van der Waals surface area (Å²) in [5, 5.41) is 0. The molecule has 1 heterocycles. The quantitative estimate of drug-likeness (QED) is 0.834. The summed E-state index contributed by atoms with van der Waals surface area (Å²) in [7, 11) is 3.32. The van der Waals surface area contributed by atoms with Crippen molar-refractivity contribution in [1.29, 1.82) is 0 Å². The van der Waals surface area contributed by atoms with Crippen LogP contribution in [0.3, 0.4) is 0 Å². The number of hydrogen-bond acceptors (Lipinski definition) is 3. The minimum Gasteiger partial charge on any atom is -0.497 e. The normalized spacial score (nSPS) is 18.1. The van der Waals surface area contributed by atoms with Gasteiger partial charge in [0.15, 0.2) is 0 Å². The van der Waals surface area contributed by atoms with E-state index in [1.165, 1.54) is 0 Å². The molecule has 4 heteroatoms. The van der Waals surface area contributed by atoms with Gasteiger partial charge in [0, 0.05) is 18.5 Å². The van der Waals surface area contributed by atoms with E-state index in [4.69, 9.17) is 9.47 Å². The predicted octanol–water partition coefficient (Wildman–Crippen LogP) is 3.41. The molecule has 1 saturated heterocycles. The van der Waals surface area contributed by atoms with Crippen molar-refractivity contribution in [2.75, 3.05) is 20.8 Å². The van der Waals surface area contributed by atoms with Crippen LogP contribution in [0.25, 0.3) is 0 Å². The zero-order valence-corrected chi connectivity index (χ0v) is 13.4. The maximum absolute atomic E-state index is 12.4. The smallest absolute Gasteiger partial charge is 0.223 e. The van der Waals surface area contributed by atoms with Crippen LogP contribution in [0.4, 0.5) is 0 Å². The average Bonchev–Trinajstić information content (AvgIpc) is 2.95. The van der Waals surface area contributed by atoms with Gasteiger partial charge in [0.2, 0.25) is 5.91 Å². The van der Waals surface area contributed by atoms with E-state index in [2.05, 4.69) is 13.8 Å². The van der Waals surface area contributed by atoms with Gasteiger partial charge < -0.3 is 14.4 Å². The summed E-state index contributed by atoms with van der Waals surface area (Å²) in [6.45, 7) is 4.99. The topological polar surface area (TPSA) is 38.8 Å². The molecule has 1 amide bonds. The molecule has 0 saturated carbocycles. The third-order valence-electron chi connectivity index (χ3n) is 3.95. The molecule has 0 aromatic heterocycles. The van der Waals surface area contributed by atoms with Gasteiger partial charge in [-0.3, -0.25) is 4.79 Å². The molecule has 1 aromatic carbocycles. The summed E-state index contributed by atoms with van der Waals surface area (Å²) in [5.74, 6) is 2.24. The predicted molar refractivity (Wildman–Crippen MR) is 82.7 cm³/mol. The fraction of sp³-hybridized carbons (Fsp3) is 0.588. The van der Waals surface area contributed by atoms with E-state index in [0.717, 1.165) is 36.4 Å². The van der Waals surface area contributed by atoms with Gasteiger partial charge in [-0.1, -0.05) is 13.8 Å². The van der Waals surface area contributed by atoms with Crippen molar-refractivity contribution in [1.82, 2.24) is 4.90 Å². The lowest BCUT2D eigenvalue weighted by Crippen LogP contribution is -2.31. The molecule has 0 radical (unpaired) electrons. The average molecular weight is 291 g/mol. The van der Waals surface area contributed by atoms with Gasteiger partial charge >= 0.3 is 0 Å². The molecule has 1 aliphatic rings. The Bertz CT molecular complexity index is 499. The van der Waals surface area contributed by atoms with Gasteiger partial charge in [-0.2, -0.15) is 0 Å². The lowest BCUT2D eigenvalue weighted by Gasteiger charge is -2.27. The van der Waals surface area contributed by atoms with Crippen molar-refractivity contribution in [3.63, 3.8) is 0 Å². The molecule has 2 rings (SSSR count). The first-order valence-corrected chi connectivity index (χ1v) is 7.58. The molecular formula is C17H25NO3. The number of amides is 1. The van der Waals surface area contributed by atoms with Crippen LogP contribution in [0.1, 0.15) is 44.7 Å². The van der Waals surface area contributed by atoms with Crippen LogP contribution in [0.15, 0.2) is 18.2 Å². The standard InChI is InChI=1S/C17H25NO3/c1-12(2)10-17(19)18-9-5-6-15(18)14-11-13(20-3)7-8-16(14)21-4/h7-8,11-12,15H,5-6,9-10H2,1-4H3. The molecule has 1 aliphatic heterocycles. The van der Waals surface area contributed by atoms with Crippen LogP contribution in [0, 0.1) is 5.92 Å². The number of likely N-dealkylation sites (tertiary alicyclic amines) is 1. The molecule has 0 spiro atoms. The number of ether oxygens (including phenoxy) is 2. The Morgan fingerprint density at radius 1 is 1.33 bits per heavy atom. The van der Waals surface area contributed by atoms with Crippen LogP contribution in [0.5, 0.6) is 11.5 Å². The van der Waals surface area contributed by atoms with Crippen molar-refractivity contribution >= 4 is 5.91 Å². The van der Waals surface area contributed by atoms with E-state index < -0.39 is 0 Å². The Kier molecular flexibility index (Phi) is 5.10.